The van der Waals surface area contributed by atoms with E-state index < -0.39 is 0 Å². The standard InChI is InChI=1S/C21H24N2O4/c1-13-7-8-17-18(10-13)21(26)23(20(17)25)15-5-2-4-14(11-15)19(24)22-12-16-6-3-9-27-16/h2,4-5,7,11,16-18H,3,6,8-10,12H2,1H3,(H,22,24)/t16-,17+,18+/m1/s1. The summed E-state index contributed by atoms with van der Waals surface area (Å²) >= 11 is 0. The van der Waals surface area contributed by atoms with E-state index in [2.05, 4.69) is 5.32 Å². The van der Waals surface area contributed by atoms with Crippen molar-refractivity contribution in [3.05, 3.63) is 41.5 Å². The van der Waals surface area contributed by atoms with Gasteiger partial charge in [-0.25, -0.2) is 0 Å². The average molecular weight is 368 g/mol. The smallest absolute Gasteiger partial charge is 0.251 e. The van der Waals surface area contributed by atoms with E-state index in [1.165, 1.54) is 4.90 Å². The molecule has 0 spiro atoms. The van der Waals surface area contributed by atoms with E-state index >= 15 is 0 Å². The molecule has 142 valence electrons. The number of amides is 3. The summed E-state index contributed by atoms with van der Waals surface area (Å²) in [5.41, 5.74) is 2.07. The van der Waals surface area contributed by atoms with E-state index in [9.17, 15) is 14.4 Å². The molecule has 1 aliphatic carbocycles. The summed E-state index contributed by atoms with van der Waals surface area (Å²) in [4.78, 5) is 39.4. The van der Waals surface area contributed by atoms with E-state index in [-0.39, 0.29) is 35.7 Å². The van der Waals surface area contributed by atoms with Gasteiger partial charge in [-0.1, -0.05) is 17.7 Å². The van der Waals surface area contributed by atoms with Gasteiger partial charge in [0.1, 0.15) is 0 Å². The summed E-state index contributed by atoms with van der Waals surface area (Å²) in [6, 6.07) is 6.74. The van der Waals surface area contributed by atoms with Gasteiger partial charge in [-0.2, -0.15) is 0 Å². The minimum Gasteiger partial charge on any atom is -0.376 e. The Balaban J connectivity index is 1.49. The zero-order valence-corrected chi connectivity index (χ0v) is 15.4. The Bertz CT molecular complexity index is 810. The fraction of sp³-hybridized carbons (Fsp3) is 0.476. The number of ether oxygens (including phenoxy) is 1. The predicted molar refractivity (Wildman–Crippen MR) is 100 cm³/mol. The van der Waals surface area contributed by atoms with Gasteiger partial charge in [0.25, 0.3) is 5.91 Å². The minimum atomic E-state index is -0.279. The molecule has 3 aliphatic rings. The summed E-state index contributed by atoms with van der Waals surface area (Å²) in [5, 5.41) is 2.88. The van der Waals surface area contributed by atoms with Crippen LogP contribution in [0.2, 0.25) is 0 Å². The third kappa shape index (κ3) is 3.41. The van der Waals surface area contributed by atoms with Crippen LogP contribution >= 0.6 is 0 Å². The number of carbonyl (C=O) groups is 3. The number of allylic oxidation sites excluding steroid dienone is 2. The van der Waals surface area contributed by atoms with Crippen molar-refractivity contribution < 1.29 is 19.1 Å². The lowest BCUT2D eigenvalue weighted by Crippen LogP contribution is -2.33. The lowest BCUT2D eigenvalue weighted by atomic mass is 9.82. The van der Waals surface area contributed by atoms with Crippen molar-refractivity contribution >= 4 is 23.4 Å². The second kappa shape index (κ2) is 7.27. The monoisotopic (exact) mass is 368 g/mol. The van der Waals surface area contributed by atoms with Crippen LogP contribution in [0.25, 0.3) is 0 Å². The molecule has 3 amide bonds. The Hall–Kier alpha value is -2.47. The van der Waals surface area contributed by atoms with Crippen molar-refractivity contribution in [2.45, 2.75) is 38.7 Å². The molecule has 27 heavy (non-hydrogen) atoms. The van der Waals surface area contributed by atoms with Gasteiger partial charge in [0.05, 0.1) is 23.6 Å². The van der Waals surface area contributed by atoms with Crippen LogP contribution in [0, 0.1) is 11.8 Å². The van der Waals surface area contributed by atoms with Crippen LogP contribution in [-0.2, 0) is 14.3 Å². The van der Waals surface area contributed by atoms with E-state index in [1.807, 2.05) is 13.0 Å². The molecule has 2 saturated heterocycles. The summed E-state index contributed by atoms with van der Waals surface area (Å²) in [6.45, 7) is 3.21. The first kappa shape index (κ1) is 17.9. The number of fused-ring (bicyclic) bond motifs is 1. The zero-order chi connectivity index (χ0) is 19.0. The molecule has 2 aliphatic heterocycles. The topological polar surface area (TPSA) is 75.7 Å². The van der Waals surface area contributed by atoms with Gasteiger partial charge in [-0.15, -0.1) is 0 Å². The van der Waals surface area contributed by atoms with Crippen LogP contribution in [0.3, 0.4) is 0 Å². The molecule has 1 aromatic rings. The van der Waals surface area contributed by atoms with E-state index in [0.717, 1.165) is 25.0 Å². The number of nitrogens with one attached hydrogen (secondary N) is 1. The van der Waals surface area contributed by atoms with Crippen LogP contribution in [0.15, 0.2) is 35.9 Å². The molecule has 6 heteroatoms. The highest BCUT2D eigenvalue weighted by Gasteiger charge is 2.48. The van der Waals surface area contributed by atoms with Crippen molar-refractivity contribution in [2.24, 2.45) is 11.8 Å². The molecule has 6 nitrogen and oxygen atoms in total. The Morgan fingerprint density at radius 3 is 2.85 bits per heavy atom. The number of rotatable bonds is 4. The molecule has 2 heterocycles. The molecule has 0 unspecified atom stereocenters. The third-order valence-corrected chi connectivity index (χ3v) is 5.70. The maximum absolute atomic E-state index is 12.8. The van der Waals surface area contributed by atoms with Crippen molar-refractivity contribution in [3.63, 3.8) is 0 Å². The molecule has 3 atom stereocenters. The summed E-state index contributed by atoms with van der Waals surface area (Å²) in [5.74, 6) is -1.10. The average Bonchev–Trinajstić information content (AvgIpc) is 3.27. The largest absolute Gasteiger partial charge is 0.376 e. The van der Waals surface area contributed by atoms with Crippen LogP contribution < -0.4 is 10.2 Å². The molecule has 0 radical (unpaired) electrons. The number of hydrogen-bond donors (Lipinski definition) is 1. The zero-order valence-electron chi connectivity index (χ0n) is 15.4. The molecule has 1 aromatic carbocycles. The Kier molecular flexibility index (Phi) is 4.83. The molecule has 0 bridgehead atoms. The van der Waals surface area contributed by atoms with Gasteiger partial charge in [-0.3, -0.25) is 19.3 Å². The lowest BCUT2D eigenvalue weighted by molar-refractivity contribution is -0.122. The van der Waals surface area contributed by atoms with Crippen LogP contribution in [-0.4, -0.2) is 37.0 Å². The first-order valence-electron chi connectivity index (χ1n) is 9.58. The van der Waals surface area contributed by atoms with E-state index in [0.29, 0.717) is 30.6 Å². The summed E-state index contributed by atoms with van der Waals surface area (Å²) in [6.07, 6.45) is 5.33. The molecule has 4 rings (SSSR count). The van der Waals surface area contributed by atoms with Crippen molar-refractivity contribution in [1.29, 1.82) is 0 Å². The molecule has 0 saturated carbocycles. The highest BCUT2D eigenvalue weighted by molar-refractivity contribution is 6.22. The fourth-order valence-corrected chi connectivity index (χ4v) is 4.19. The fourth-order valence-electron chi connectivity index (χ4n) is 4.19. The predicted octanol–water partition coefficient (Wildman–Crippen LogP) is 2.44. The van der Waals surface area contributed by atoms with Gasteiger partial charge in [0, 0.05) is 18.7 Å². The summed E-state index contributed by atoms with van der Waals surface area (Å²) in [7, 11) is 0. The minimum absolute atomic E-state index is 0.0673. The number of carbonyl (C=O) groups excluding carboxylic acids is 3. The van der Waals surface area contributed by atoms with Crippen molar-refractivity contribution in [2.75, 3.05) is 18.1 Å². The highest BCUT2D eigenvalue weighted by atomic mass is 16.5. The van der Waals surface area contributed by atoms with Crippen LogP contribution in [0.5, 0.6) is 0 Å². The molecule has 2 fully saturated rings. The molecular formula is C21H24N2O4. The van der Waals surface area contributed by atoms with Gasteiger partial charge in [-0.05, 0) is 50.8 Å². The third-order valence-electron chi connectivity index (χ3n) is 5.70. The Morgan fingerprint density at radius 2 is 2.07 bits per heavy atom. The second-order valence-corrected chi connectivity index (χ2v) is 7.61. The van der Waals surface area contributed by atoms with Crippen LogP contribution in [0.4, 0.5) is 5.69 Å². The molecule has 1 N–H and O–H groups in total. The first-order chi connectivity index (χ1) is 13.0. The molecular weight excluding hydrogens is 344 g/mol. The number of nitrogens with zero attached hydrogens (tertiary/aromatic N) is 1. The van der Waals surface area contributed by atoms with Gasteiger partial charge >= 0.3 is 0 Å². The maximum atomic E-state index is 12.8. The Morgan fingerprint density at radius 1 is 1.26 bits per heavy atom. The quantitative estimate of drug-likeness (QED) is 0.654. The SMILES string of the molecule is CC1=CC[C@@H]2C(=O)N(c3cccc(C(=O)NC[C@H]4CCCO4)c3)C(=O)[C@H]2C1. The van der Waals surface area contributed by atoms with Crippen molar-refractivity contribution in [1.82, 2.24) is 5.32 Å². The van der Waals surface area contributed by atoms with Gasteiger partial charge in [0.15, 0.2) is 0 Å². The number of imide groups is 1. The van der Waals surface area contributed by atoms with E-state index in [1.54, 1.807) is 24.3 Å². The van der Waals surface area contributed by atoms with Crippen LogP contribution in [0.1, 0.15) is 43.0 Å². The normalized spacial score (nSPS) is 27.5. The number of benzene rings is 1. The highest BCUT2D eigenvalue weighted by Crippen LogP contribution is 2.39. The summed E-state index contributed by atoms with van der Waals surface area (Å²) < 4.78 is 5.52. The number of anilines is 1. The maximum Gasteiger partial charge on any atom is 0.251 e. The van der Waals surface area contributed by atoms with E-state index in [4.69, 9.17) is 4.74 Å². The second-order valence-electron chi connectivity index (χ2n) is 7.61. The molecule has 0 aromatic heterocycles. The van der Waals surface area contributed by atoms with Crippen molar-refractivity contribution in [3.8, 4) is 0 Å². The lowest BCUT2D eigenvalue weighted by Gasteiger charge is -2.18. The first-order valence-corrected chi connectivity index (χ1v) is 9.58. The van der Waals surface area contributed by atoms with Gasteiger partial charge < -0.3 is 10.1 Å². The number of hydrogen-bond acceptors (Lipinski definition) is 4. The van der Waals surface area contributed by atoms with Gasteiger partial charge in [0.2, 0.25) is 11.8 Å². The Labute approximate surface area is 158 Å².